The van der Waals surface area contributed by atoms with Gasteiger partial charge in [-0.3, -0.25) is 13.9 Å². The molecule has 35 heavy (non-hydrogen) atoms. The van der Waals surface area contributed by atoms with Crippen LogP contribution in [0, 0.1) is 0 Å². The Bertz CT molecular complexity index is 1170. The largest absolute Gasteiger partial charge is 0.454 e. The van der Waals surface area contributed by atoms with Gasteiger partial charge < -0.3 is 19.7 Å². The van der Waals surface area contributed by atoms with Gasteiger partial charge in [-0.25, -0.2) is 8.42 Å². The molecule has 11 heteroatoms. The van der Waals surface area contributed by atoms with E-state index in [4.69, 9.17) is 9.47 Å². The molecule has 2 aromatic rings. The molecule has 0 fully saturated rings. The van der Waals surface area contributed by atoms with E-state index in [0.29, 0.717) is 11.5 Å². The molecule has 0 radical (unpaired) electrons. The van der Waals surface area contributed by atoms with Crippen LogP contribution in [0.15, 0.2) is 46.9 Å². The zero-order chi connectivity index (χ0) is 25.8. The molecule has 9 nitrogen and oxygen atoms in total. The van der Waals surface area contributed by atoms with Crippen LogP contribution >= 0.6 is 15.9 Å². The Morgan fingerprint density at radius 1 is 1.09 bits per heavy atom. The van der Waals surface area contributed by atoms with Crippen molar-refractivity contribution >= 4 is 43.5 Å². The normalized spacial score (nSPS) is 14.2. The fourth-order valence-corrected chi connectivity index (χ4v) is 4.59. The van der Waals surface area contributed by atoms with Crippen LogP contribution in [-0.4, -0.2) is 56.8 Å². The van der Waals surface area contributed by atoms with Gasteiger partial charge in [0.15, 0.2) is 11.5 Å². The molecule has 0 spiro atoms. The molecular formula is C24H30BrN3O6S. The van der Waals surface area contributed by atoms with Crippen LogP contribution in [0.5, 0.6) is 11.5 Å². The number of rotatable bonds is 10. The molecule has 0 saturated carbocycles. The SMILES string of the molecule is CC[C@H](C)NC(=O)[C@H](C)N(Cc1ccc(Br)cc1)C(=O)CN(c1ccc2c(c1)OCO2)S(C)(=O)=O. The number of hydrogen-bond acceptors (Lipinski definition) is 6. The predicted molar refractivity (Wildman–Crippen MR) is 137 cm³/mol. The highest BCUT2D eigenvalue weighted by Gasteiger charge is 2.31. The summed E-state index contributed by atoms with van der Waals surface area (Å²) in [5.41, 5.74) is 1.07. The third kappa shape index (κ3) is 6.88. The lowest BCUT2D eigenvalue weighted by Gasteiger charge is -2.32. The minimum absolute atomic E-state index is 0.0420. The van der Waals surface area contributed by atoms with Crippen LogP contribution < -0.4 is 19.1 Å². The van der Waals surface area contributed by atoms with Gasteiger partial charge in [0.2, 0.25) is 28.6 Å². The molecule has 190 valence electrons. The first-order chi connectivity index (χ1) is 16.5. The summed E-state index contributed by atoms with van der Waals surface area (Å²) in [4.78, 5) is 27.9. The molecule has 1 aliphatic rings. The van der Waals surface area contributed by atoms with Crippen LogP contribution in [0.4, 0.5) is 5.69 Å². The number of carbonyl (C=O) groups is 2. The molecule has 2 atom stereocenters. The number of sulfonamides is 1. The van der Waals surface area contributed by atoms with Gasteiger partial charge in [0.1, 0.15) is 12.6 Å². The van der Waals surface area contributed by atoms with Gasteiger partial charge in [0, 0.05) is 23.1 Å². The smallest absolute Gasteiger partial charge is 0.244 e. The number of anilines is 1. The summed E-state index contributed by atoms with van der Waals surface area (Å²) in [6.45, 7) is 5.18. The Morgan fingerprint density at radius 3 is 2.37 bits per heavy atom. The lowest BCUT2D eigenvalue weighted by molar-refractivity contribution is -0.139. The van der Waals surface area contributed by atoms with Crippen molar-refractivity contribution in [3.05, 3.63) is 52.5 Å². The van der Waals surface area contributed by atoms with Gasteiger partial charge in [-0.05, 0) is 50.1 Å². The first-order valence-electron chi connectivity index (χ1n) is 11.2. The third-order valence-electron chi connectivity index (χ3n) is 5.76. The van der Waals surface area contributed by atoms with E-state index in [2.05, 4.69) is 21.2 Å². The van der Waals surface area contributed by atoms with Gasteiger partial charge in [0.05, 0.1) is 11.9 Å². The molecule has 0 aromatic heterocycles. The third-order valence-corrected chi connectivity index (χ3v) is 7.43. The number of carbonyl (C=O) groups excluding carboxylic acids is 2. The highest BCUT2D eigenvalue weighted by molar-refractivity contribution is 9.10. The van der Waals surface area contributed by atoms with Gasteiger partial charge in [-0.2, -0.15) is 0 Å². The van der Waals surface area contributed by atoms with Crippen LogP contribution in [0.25, 0.3) is 0 Å². The standard InChI is InChI=1S/C24H30BrN3O6S/c1-5-16(2)26-24(30)17(3)27(13-18-6-8-19(25)9-7-18)23(29)14-28(35(4,31)32)20-10-11-21-22(12-20)34-15-33-21/h6-12,16-17H,5,13-15H2,1-4H3,(H,26,30)/t16-,17-/m0/s1. The second kappa shape index (κ2) is 11.3. The summed E-state index contributed by atoms with van der Waals surface area (Å²) in [6, 6.07) is 11.2. The highest BCUT2D eigenvalue weighted by atomic mass is 79.9. The average Bonchev–Trinajstić information content (AvgIpc) is 3.28. The average molecular weight is 568 g/mol. The summed E-state index contributed by atoms with van der Waals surface area (Å²) in [5.74, 6) is 0.0824. The number of benzene rings is 2. The zero-order valence-corrected chi connectivity index (χ0v) is 22.6. The van der Waals surface area contributed by atoms with Gasteiger partial charge in [0.25, 0.3) is 0 Å². The van der Waals surface area contributed by atoms with Gasteiger partial charge in [-0.1, -0.05) is 35.0 Å². The van der Waals surface area contributed by atoms with Gasteiger partial charge >= 0.3 is 0 Å². The van der Waals surface area contributed by atoms with Crippen molar-refractivity contribution in [3.63, 3.8) is 0 Å². The summed E-state index contributed by atoms with van der Waals surface area (Å²) < 4.78 is 37.9. The molecule has 0 aliphatic carbocycles. The molecule has 3 rings (SSSR count). The Hall–Kier alpha value is -2.79. The quantitative estimate of drug-likeness (QED) is 0.472. The van der Waals surface area contributed by atoms with Crippen molar-refractivity contribution in [1.82, 2.24) is 10.2 Å². The zero-order valence-electron chi connectivity index (χ0n) is 20.2. The van der Waals surface area contributed by atoms with E-state index in [-0.39, 0.29) is 31.0 Å². The van der Waals surface area contributed by atoms with Crippen molar-refractivity contribution in [1.29, 1.82) is 0 Å². The Labute approximate surface area is 214 Å². The summed E-state index contributed by atoms with van der Waals surface area (Å²) in [7, 11) is -3.83. The molecule has 0 unspecified atom stereocenters. The highest BCUT2D eigenvalue weighted by Crippen LogP contribution is 2.36. The fourth-order valence-electron chi connectivity index (χ4n) is 3.49. The van der Waals surface area contributed by atoms with Crippen LogP contribution in [0.3, 0.4) is 0 Å². The fraction of sp³-hybridized carbons (Fsp3) is 0.417. The van der Waals surface area contributed by atoms with E-state index >= 15 is 0 Å². The molecule has 0 bridgehead atoms. The molecule has 1 heterocycles. The minimum Gasteiger partial charge on any atom is -0.454 e. The van der Waals surface area contributed by atoms with Crippen LogP contribution in [0.2, 0.25) is 0 Å². The first-order valence-corrected chi connectivity index (χ1v) is 13.9. The Morgan fingerprint density at radius 2 is 1.74 bits per heavy atom. The van der Waals surface area contributed by atoms with E-state index in [1.807, 2.05) is 38.1 Å². The van der Waals surface area contributed by atoms with Crippen LogP contribution in [0.1, 0.15) is 32.8 Å². The van der Waals surface area contributed by atoms with E-state index < -0.39 is 28.5 Å². The van der Waals surface area contributed by atoms with E-state index in [9.17, 15) is 18.0 Å². The Kier molecular flexibility index (Phi) is 8.65. The number of hydrogen-bond donors (Lipinski definition) is 1. The first kappa shape index (κ1) is 26.8. The summed E-state index contributed by atoms with van der Waals surface area (Å²) in [5, 5.41) is 2.90. The molecule has 2 amide bonds. The van der Waals surface area contributed by atoms with E-state index in [0.717, 1.165) is 27.0 Å². The summed E-state index contributed by atoms with van der Waals surface area (Å²) in [6.07, 6.45) is 1.77. The van der Waals surface area contributed by atoms with E-state index in [1.54, 1.807) is 19.1 Å². The monoisotopic (exact) mass is 567 g/mol. The van der Waals surface area contributed by atoms with Gasteiger partial charge in [-0.15, -0.1) is 0 Å². The molecule has 1 aliphatic heterocycles. The lowest BCUT2D eigenvalue weighted by Crippen LogP contribution is -2.52. The maximum atomic E-state index is 13.6. The Balaban J connectivity index is 1.90. The maximum Gasteiger partial charge on any atom is 0.244 e. The van der Waals surface area contributed by atoms with Crippen molar-refractivity contribution in [2.75, 3.05) is 23.9 Å². The van der Waals surface area contributed by atoms with Crippen molar-refractivity contribution in [3.8, 4) is 11.5 Å². The maximum absolute atomic E-state index is 13.6. The van der Waals surface area contributed by atoms with Crippen molar-refractivity contribution < 1.29 is 27.5 Å². The number of amides is 2. The topological polar surface area (TPSA) is 105 Å². The van der Waals surface area contributed by atoms with E-state index in [1.165, 1.54) is 11.0 Å². The van der Waals surface area contributed by atoms with Crippen molar-refractivity contribution in [2.45, 2.75) is 45.8 Å². The summed E-state index contributed by atoms with van der Waals surface area (Å²) >= 11 is 3.39. The lowest BCUT2D eigenvalue weighted by atomic mass is 10.1. The molecule has 2 aromatic carbocycles. The molecule has 1 N–H and O–H groups in total. The minimum atomic E-state index is -3.83. The van der Waals surface area contributed by atoms with Crippen LogP contribution in [-0.2, 0) is 26.2 Å². The predicted octanol–water partition coefficient (Wildman–Crippen LogP) is 3.28. The van der Waals surface area contributed by atoms with Crippen molar-refractivity contribution in [2.24, 2.45) is 0 Å². The number of ether oxygens (including phenoxy) is 2. The number of halogens is 1. The molecular weight excluding hydrogens is 538 g/mol. The number of nitrogens with zero attached hydrogens (tertiary/aromatic N) is 2. The number of fused-ring (bicyclic) bond motifs is 1. The second-order valence-corrected chi connectivity index (χ2v) is 11.3. The second-order valence-electron chi connectivity index (χ2n) is 8.45. The molecule has 0 saturated heterocycles. The number of nitrogens with one attached hydrogen (secondary N) is 1.